The summed E-state index contributed by atoms with van der Waals surface area (Å²) in [6.07, 6.45) is 5.58. The lowest BCUT2D eigenvalue weighted by molar-refractivity contribution is 1.41. The van der Waals surface area contributed by atoms with Crippen LogP contribution in [0.1, 0.15) is 41.5 Å². The van der Waals surface area contributed by atoms with E-state index in [0.29, 0.717) is 5.69 Å². The third kappa shape index (κ3) is 8.83. The van der Waals surface area contributed by atoms with Gasteiger partial charge in [-0.25, -0.2) is 4.98 Å². The fraction of sp³-hybridized carbons (Fsp3) is 0.316. The van der Waals surface area contributed by atoms with Crippen molar-refractivity contribution in [1.82, 2.24) is 4.98 Å². The molecular formula is C19H31N3S. The molecule has 0 unspecified atom stereocenters. The molecule has 0 aliphatic rings. The Labute approximate surface area is 145 Å². The minimum Gasteiger partial charge on any atom is -0.397 e. The summed E-state index contributed by atoms with van der Waals surface area (Å²) in [4.78, 5) is 4.42. The van der Waals surface area contributed by atoms with Crippen molar-refractivity contribution in [3.8, 4) is 0 Å². The van der Waals surface area contributed by atoms with Gasteiger partial charge >= 0.3 is 0 Å². The number of nitrogen functional groups attached to an aromatic ring is 1. The van der Waals surface area contributed by atoms with Gasteiger partial charge in [0.25, 0.3) is 0 Å². The summed E-state index contributed by atoms with van der Waals surface area (Å²) >= 11 is 1.57. The summed E-state index contributed by atoms with van der Waals surface area (Å²) in [5.41, 5.74) is 8.22. The van der Waals surface area contributed by atoms with Gasteiger partial charge in [0.15, 0.2) is 5.13 Å². The first-order chi connectivity index (χ1) is 11.1. The number of benzene rings is 1. The number of hydrogen-bond donors (Lipinski definition) is 2. The average molecular weight is 334 g/mol. The van der Waals surface area contributed by atoms with Gasteiger partial charge in [0.05, 0.1) is 10.4 Å². The van der Waals surface area contributed by atoms with E-state index >= 15 is 0 Å². The molecule has 23 heavy (non-hydrogen) atoms. The summed E-state index contributed by atoms with van der Waals surface area (Å²) in [5.74, 6) is 0. The zero-order chi connectivity index (χ0) is 18.3. The predicted octanol–water partition coefficient (Wildman–Crippen LogP) is 6.62. The number of nitrogens with two attached hydrogens (primary N) is 1. The Kier molecular flexibility index (Phi) is 15.0. The molecule has 0 spiro atoms. The van der Waals surface area contributed by atoms with E-state index in [-0.39, 0.29) is 0 Å². The lowest BCUT2D eigenvalue weighted by Gasteiger charge is -1.99. The molecule has 3 N–H and O–H groups in total. The SMILES string of the molecule is C=C(/C=C\C)Nc1nc2c(N)cccc2s1.C=CC.CC.CC. The Bertz CT molecular complexity index is 598. The predicted molar refractivity (Wildman–Crippen MR) is 110 cm³/mol. The van der Waals surface area contributed by atoms with Gasteiger partial charge in [-0.1, -0.05) is 63.8 Å². The first kappa shape index (κ1) is 23.2. The van der Waals surface area contributed by atoms with E-state index in [0.717, 1.165) is 21.0 Å². The third-order valence-corrected chi connectivity index (χ3v) is 3.02. The van der Waals surface area contributed by atoms with Crippen molar-refractivity contribution in [2.24, 2.45) is 0 Å². The molecule has 0 amide bonds. The van der Waals surface area contributed by atoms with E-state index < -0.39 is 0 Å². The van der Waals surface area contributed by atoms with Crippen LogP contribution >= 0.6 is 11.3 Å². The van der Waals surface area contributed by atoms with Gasteiger partial charge in [0, 0.05) is 5.70 Å². The second-order valence-electron chi connectivity index (χ2n) is 3.77. The van der Waals surface area contributed by atoms with Crippen LogP contribution in [0.15, 0.2) is 55.3 Å². The fourth-order valence-corrected chi connectivity index (χ4v) is 2.34. The maximum absolute atomic E-state index is 5.84. The molecule has 128 valence electrons. The molecule has 4 heteroatoms. The zero-order valence-corrected chi connectivity index (χ0v) is 16.1. The monoisotopic (exact) mass is 333 g/mol. The lowest BCUT2D eigenvalue weighted by atomic mass is 10.3. The van der Waals surface area contributed by atoms with Crippen molar-refractivity contribution in [3.05, 3.63) is 55.3 Å². The number of allylic oxidation sites excluding steroid dienone is 3. The number of anilines is 2. The molecule has 1 aromatic carbocycles. The van der Waals surface area contributed by atoms with Crippen LogP contribution in [-0.4, -0.2) is 4.98 Å². The molecule has 0 saturated heterocycles. The summed E-state index contributed by atoms with van der Waals surface area (Å²) in [5, 5.41) is 3.95. The van der Waals surface area contributed by atoms with Crippen molar-refractivity contribution >= 4 is 32.4 Å². The van der Waals surface area contributed by atoms with Crippen LogP contribution in [0.3, 0.4) is 0 Å². The highest BCUT2D eigenvalue weighted by atomic mass is 32.1. The highest BCUT2D eigenvalue weighted by molar-refractivity contribution is 7.22. The molecule has 1 heterocycles. The van der Waals surface area contributed by atoms with E-state index in [1.807, 2.05) is 71.9 Å². The number of para-hydroxylation sites is 1. The number of rotatable bonds is 3. The van der Waals surface area contributed by atoms with Crippen molar-refractivity contribution in [2.45, 2.75) is 41.5 Å². The first-order valence-corrected chi connectivity index (χ1v) is 8.74. The van der Waals surface area contributed by atoms with Gasteiger partial charge in [-0.05, 0) is 32.1 Å². The van der Waals surface area contributed by atoms with E-state index in [2.05, 4.69) is 23.5 Å². The topological polar surface area (TPSA) is 50.9 Å². The average Bonchev–Trinajstić information content (AvgIpc) is 2.96. The molecule has 1 aromatic heterocycles. The smallest absolute Gasteiger partial charge is 0.188 e. The van der Waals surface area contributed by atoms with Crippen LogP contribution in [0.2, 0.25) is 0 Å². The Morgan fingerprint density at radius 2 is 1.78 bits per heavy atom. The molecule has 0 aliphatic heterocycles. The molecule has 0 fully saturated rings. The van der Waals surface area contributed by atoms with Crippen LogP contribution in [0.25, 0.3) is 10.2 Å². The number of hydrogen-bond acceptors (Lipinski definition) is 4. The second kappa shape index (κ2) is 14.9. The van der Waals surface area contributed by atoms with Crippen LogP contribution in [-0.2, 0) is 0 Å². The summed E-state index contributed by atoms with van der Waals surface area (Å²) in [6.45, 7) is 19.1. The van der Waals surface area contributed by atoms with Crippen molar-refractivity contribution in [3.63, 3.8) is 0 Å². The van der Waals surface area contributed by atoms with Gasteiger partial charge < -0.3 is 11.1 Å². The van der Waals surface area contributed by atoms with Crippen LogP contribution < -0.4 is 11.1 Å². The normalized spacial score (nSPS) is 8.78. The van der Waals surface area contributed by atoms with E-state index in [1.165, 1.54) is 0 Å². The number of thiazole rings is 1. The summed E-state index contributed by atoms with van der Waals surface area (Å²) < 4.78 is 1.08. The third-order valence-electron chi connectivity index (χ3n) is 2.09. The maximum Gasteiger partial charge on any atom is 0.188 e. The van der Waals surface area contributed by atoms with Crippen LogP contribution in [0.5, 0.6) is 0 Å². The van der Waals surface area contributed by atoms with Gasteiger partial charge in [0.1, 0.15) is 5.52 Å². The van der Waals surface area contributed by atoms with E-state index in [1.54, 1.807) is 17.4 Å². The largest absolute Gasteiger partial charge is 0.397 e. The van der Waals surface area contributed by atoms with E-state index in [4.69, 9.17) is 5.73 Å². The standard InChI is InChI=1S/C12H13N3S.C3H6.2C2H6/c1-3-5-8(2)14-12-15-11-9(13)6-4-7-10(11)16-12;1-3-2;2*1-2/h3-7H,2,13H2,1H3,(H,14,15);3H,1H2,2H3;2*1-2H3/b5-3-;;;. The first-order valence-electron chi connectivity index (χ1n) is 7.93. The Hall–Kier alpha value is -2.07. The minimum atomic E-state index is 0.707. The second-order valence-corrected chi connectivity index (χ2v) is 4.80. The summed E-state index contributed by atoms with van der Waals surface area (Å²) in [6, 6.07) is 5.79. The number of nitrogens with zero attached hydrogens (tertiary/aromatic N) is 1. The van der Waals surface area contributed by atoms with Gasteiger partial charge in [-0.15, -0.1) is 6.58 Å². The molecule has 0 radical (unpaired) electrons. The molecule has 3 nitrogen and oxygen atoms in total. The Morgan fingerprint density at radius 3 is 2.26 bits per heavy atom. The number of nitrogens with one attached hydrogen (secondary N) is 1. The highest BCUT2D eigenvalue weighted by Crippen LogP contribution is 2.29. The van der Waals surface area contributed by atoms with Crippen LogP contribution in [0, 0.1) is 0 Å². The molecule has 0 aliphatic carbocycles. The Balaban J connectivity index is 0. The Morgan fingerprint density at radius 1 is 1.22 bits per heavy atom. The molecular weight excluding hydrogens is 302 g/mol. The molecule has 0 atom stereocenters. The molecule has 2 aromatic rings. The van der Waals surface area contributed by atoms with Gasteiger partial charge in [-0.2, -0.15) is 0 Å². The molecule has 0 bridgehead atoms. The molecule has 2 rings (SSSR count). The van der Waals surface area contributed by atoms with Crippen LogP contribution in [0.4, 0.5) is 10.8 Å². The van der Waals surface area contributed by atoms with Crippen molar-refractivity contribution in [2.75, 3.05) is 11.1 Å². The highest BCUT2D eigenvalue weighted by Gasteiger charge is 2.05. The van der Waals surface area contributed by atoms with Crippen molar-refractivity contribution < 1.29 is 0 Å². The fourth-order valence-electron chi connectivity index (χ4n) is 1.40. The maximum atomic E-state index is 5.84. The molecule has 0 saturated carbocycles. The number of fused-ring (bicyclic) bond motifs is 1. The lowest BCUT2D eigenvalue weighted by Crippen LogP contribution is -1.93. The van der Waals surface area contributed by atoms with Gasteiger partial charge in [-0.3, -0.25) is 0 Å². The quantitative estimate of drug-likeness (QED) is 0.377. The minimum absolute atomic E-state index is 0.707. The number of aromatic nitrogens is 1. The van der Waals surface area contributed by atoms with Gasteiger partial charge in [0.2, 0.25) is 0 Å². The van der Waals surface area contributed by atoms with E-state index in [9.17, 15) is 0 Å². The van der Waals surface area contributed by atoms with Crippen molar-refractivity contribution in [1.29, 1.82) is 0 Å². The summed E-state index contributed by atoms with van der Waals surface area (Å²) in [7, 11) is 0. The zero-order valence-electron chi connectivity index (χ0n) is 15.3.